The number of aliphatic hydroxyl groups is 1. The lowest BCUT2D eigenvalue weighted by Crippen LogP contribution is -2.18. The highest BCUT2D eigenvalue weighted by Gasteiger charge is 2.07. The van der Waals surface area contributed by atoms with E-state index in [4.69, 9.17) is 5.11 Å². The Bertz CT molecular complexity index is 517. The summed E-state index contributed by atoms with van der Waals surface area (Å²) in [7, 11) is 1.57. The van der Waals surface area contributed by atoms with Crippen molar-refractivity contribution in [2.75, 3.05) is 7.05 Å². The van der Waals surface area contributed by atoms with Gasteiger partial charge in [-0.1, -0.05) is 12.1 Å². The van der Waals surface area contributed by atoms with Gasteiger partial charge in [-0.2, -0.15) is 5.10 Å². The zero-order valence-corrected chi connectivity index (χ0v) is 9.42. The smallest absolute Gasteiger partial charge is 0.271 e. The molecule has 1 heterocycles. The number of rotatable bonds is 3. The van der Waals surface area contributed by atoms with Crippen LogP contribution in [-0.4, -0.2) is 27.8 Å². The predicted octanol–water partition coefficient (Wildman–Crippen LogP) is 0.724. The van der Waals surface area contributed by atoms with Gasteiger partial charge >= 0.3 is 0 Å². The van der Waals surface area contributed by atoms with Gasteiger partial charge in [-0.05, 0) is 23.8 Å². The average molecular weight is 231 g/mol. The topological polar surface area (TPSA) is 67.2 Å². The maximum absolute atomic E-state index is 11.3. The van der Waals surface area contributed by atoms with E-state index in [0.29, 0.717) is 5.69 Å². The lowest BCUT2D eigenvalue weighted by atomic mass is 10.2. The summed E-state index contributed by atoms with van der Waals surface area (Å²) in [6, 6.07) is 8.96. The van der Waals surface area contributed by atoms with Crippen LogP contribution in [0.5, 0.6) is 0 Å². The molecule has 5 nitrogen and oxygen atoms in total. The third kappa shape index (κ3) is 2.34. The van der Waals surface area contributed by atoms with Crippen molar-refractivity contribution >= 4 is 5.91 Å². The molecular weight excluding hydrogens is 218 g/mol. The molecule has 0 saturated heterocycles. The lowest BCUT2D eigenvalue weighted by Gasteiger charge is -2.02. The molecule has 2 rings (SSSR count). The monoisotopic (exact) mass is 231 g/mol. The average Bonchev–Trinajstić information content (AvgIpc) is 2.87. The third-order valence-electron chi connectivity index (χ3n) is 2.43. The highest BCUT2D eigenvalue weighted by Crippen LogP contribution is 2.09. The first kappa shape index (κ1) is 11.3. The number of nitrogens with zero attached hydrogens (tertiary/aromatic N) is 2. The number of benzene rings is 1. The van der Waals surface area contributed by atoms with Gasteiger partial charge in [-0.3, -0.25) is 4.79 Å². The van der Waals surface area contributed by atoms with E-state index in [1.165, 1.54) is 0 Å². The van der Waals surface area contributed by atoms with Crippen LogP contribution < -0.4 is 5.32 Å². The van der Waals surface area contributed by atoms with Crippen LogP contribution in [0.1, 0.15) is 16.1 Å². The van der Waals surface area contributed by atoms with Crippen LogP contribution in [0.2, 0.25) is 0 Å². The molecule has 2 N–H and O–H groups in total. The van der Waals surface area contributed by atoms with Gasteiger partial charge in [-0.25, -0.2) is 4.68 Å². The fraction of sp³-hybridized carbons (Fsp3) is 0.167. The SMILES string of the molecule is CNC(=O)c1ccn(-c2ccc(CO)cc2)n1. The molecule has 0 aliphatic heterocycles. The van der Waals surface area contributed by atoms with Crippen molar-refractivity contribution in [3.63, 3.8) is 0 Å². The van der Waals surface area contributed by atoms with Gasteiger partial charge < -0.3 is 10.4 Å². The highest BCUT2D eigenvalue weighted by molar-refractivity contribution is 5.91. The van der Waals surface area contributed by atoms with E-state index in [0.717, 1.165) is 11.3 Å². The van der Waals surface area contributed by atoms with Crippen LogP contribution in [0.25, 0.3) is 5.69 Å². The summed E-state index contributed by atoms with van der Waals surface area (Å²) in [6.45, 7) is 0.0167. The van der Waals surface area contributed by atoms with Crippen molar-refractivity contribution in [3.8, 4) is 5.69 Å². The van der Waals surface area contributed by atoms with E-state index in [1.54, 1.807) is 24.0 Å². The first-order chi connectivity index (χ1) is 8.24. The molecule has 1 aromatic carbocycles. The maximum Gasteiger partial charge on any atom is 0.271 e. The summed E-state index contributed by atoms with van der Waals surface area (Å²) in [4.78, 5) is 11.3. The minimum absolute atomic E-state index is 0.0167. The third-order valence-corrected chi connectivity index (χ3v) is 2.43. The number of hydrogen-bond acceptors (Lipinski definition) is 3. The van der Waals surface area contributed by atoms with Crippen LogP contribution in [0, 0.1) is 0 Å². The summed E-state index contributed by atoms with van der Waals surface area (Å²) in [5.74, 6) is -0.212. The first-order valence-electron chi connectivity index (χ1n) is 5.22. The molecule has 1 aromatic heterocycles. The van der Waals surface area contributed by atoms with Crippen LogP contribution in [0.4, 0.5) is 0 Å². The zero-order valence-electron chi connectivity index (χ0n) is 9.42. The summed E-state index contributed by atoms with van der Waals surface area (Å²) in [5.41, 5.74) is 2.06. The molecule has 2 aromatic rings. The van der Waals surface area contributed by atoms with Crippen LogP contribution >= 0.6 is 0 Å². The van der Waals surface area contributed by atoms with Crippen LogP contribution in [0.15, 0.2) is 36.5 Å². The van der Waals surface area contributed by atoms with Crippen LogP contribution in [-0.2, 0) is 6.61 Å². The van der Waals surface area contributed by atoms with E-state index in [2.05, 4.69) is 10.4 Å². The normalized spacial score (nSPS) is 10.2. The second kappa shape index (κ2) is 4.80. The van der Waals surface area contributed by atoms with Crippen LogP contribution in [0.3, 0.4) is 0 Å². The molecule has 0 saturated carbocycles. The van der Waals surface area contributed by atoms with E-state index >= 15 is 0 Å². The Morgan fingerprint density at radius 2 is 2.06 bits per heavy atom. The van der Waals surface area contributed by atoms with Gasteiger partial charge in [0, 0.05) is 13.2 Å². The van der Waals surface area contributed by atoms with Crippen molar-refractivity contribution in [1.29, 1.82) is 0 Å². The fourth-order valence-corrected chi connectivity index (χ4v) is 1.47. The Kier molecular flexibility index (Phi) is 3.20. The predicted molar refractivity (Wildman–Crippen MR) is 62.9 cm³/mol. The number of carbonyl (C=O) groups is 1. The maximum atomic E-state index is 11.3. The standard InChI is InChI=1S/C12H13N3O2/c1-13-12(17)11-6-7-15(14-11)10-4-2-9(8-16)3-5-10/h2-7,16H,8H2,1H3,(H,13,17). The molecule has 0 spiro atoms. The largest absolute Gasteiger partial charge is 0.392 e. The van der Waals surface area contributed by atoms with Gasteiger partial charge in [0.05, 0.1) is 12.3 Å². The second-order valence-corrected chi connectivity index (χ2v) is 3.55. The van der Waals surface area contributed by atoms with Gasteiger partial charge in [-0.15, -0.1) is 0 Å². The molecule has 88 valence electrons. The molecule has 5 heteroatoms. The summed E-state index contributed by atoms with van der Waals surface area (Å²) >= 11 is 0. The van der Waals surface area contributed by atoms with Crippen molar-refractivity contribution in [1.82, 2.24) is 15.1 Å². The minimum Gasteiger partial charge on any atom is -0.392 e. The molecule has 0 radical (unpaired) electrons. The van der Waals surface area contributed by atoms with E-state index in [-0.39, 0.29) is 12.5 Å². The highest BCUT2D eigenvalue weighted by atomic mass is 16.3. The fourth-order valence-electron chi connectivity index (χ4n) is 1.47. The number of hydrogen-bond donors (Lipinski definition) is 2. The molecule has 0 aliphatic rings. The molecule has 0 aliphatic carbocycles. The van der Waals surface area contributed by atoms with E-state index in [1.807, 2.05) is 24.3 Å². The molecule has 0 atom stereocenters. The number of aromatic nitrogens is 2. The van der Waals surface area contributed by atoms with Gasteiger partial charge in [0.1, 0.15) is 0 Å². The first-order valence-corrected chi connectivity index (χ1v) is 5.22. The second-order valence-electron chi connectivity index (χ2n) is 3.55. The Balaban J connectivity index is 2.27. The number of carbonyl (C=O) groups excluding carboxylic acids is 1. The minimum atomic E-state index is -0.212. The zero-order chi connectivity index (χ0) is 12.3. The van der Waals surface area contributed by atoms with Crippen molar-refractivity contribution in [2.24, 2.45) is 0 Å². The Morgan fingerprint density at radius 1 is 1.35 bits per heavy atom. The Hall–Kier alpha value is -2.14. The molecule has 1 amide bonds. The molecule has 0 unspecified atom stereocenters. The summed E-state index contributed by atoms with van der Waals surface area (Å²) < 4.78 is 1.62. The summed E-state index contributed by atoms with van der Waals surface area (Å²) in [6.07, 6.45) is 1.72. The quantitative estimate of drug-likeness (QED) is 0.818. The Labute approximate surface area is 98.7 Å². The lowest BCUT2D eigenvalue weighted by molar-refractivity contribution is 0.0957. The molecule has 17 heavy (non-hydrogen) atoms. The molecular formula is C12H13N3O2. The van der Waals surface area contributed by atoms with Gasteiger partial charge in [0.2, 0.25) is 0 Å². The van der Waals surface area contributed by atoms with Gasteiger partial charge in [0.15, 0.2) is 5.69 Å². The molecule has 0 bridgehead atoms. The number of amides is 1. The Morgan fingerprint density at radius 3 is 2.65 bits per heavy atom. The molecule has 0 fully saturated rings. The number of nitrogens with one attached hydrogen (secondary N) is 1. The van der Waals surface area contributed by atoms with Crippen molar-refractivity contribution in [3.05, 3.63) is 47.8 Å². The summed E-state index contributed by atoms with van der Waals surface area (Å²) in [5, 5.41) is 15.6. The van der Waals surface area contributed by atoms with Gasteiger partial charge in [0.25, 0.3) is 5.91 Å². The van der Waals surface area contributed by atoms with Crippen molar-refractivity contribution < 1.29 is 9.90 Å². The van der Waals surface area contributed by atoms with E-state index in [9.17, 15) is 4.79 Å². The number of aliphatic hydroxyl groups excluding tert-OH is 1. The van der Waals surface area contributed by atoms with E-state index < -0.39 is 0 Å². The van der Waals surface area contributed by atoms with Crippen molar-refractivity contribution in [2.45, 2.75) is 6.61 Å².